The molecule has 1 fully saturated rings. The first kappa shape index (κ1) is 13.2. The lowest BCUT2D eigenvalue weighted by atomic mass is 9.83. The van der Waals surface area contributed by atoms with Crippen LogP contribution in [0.3, 0.4) is 0 Å². The van der Waals surface area contributed by atoms with Crippen LogP contribution in [0.5, 0.6) is 0 Å². The van der Waals surface area contributed by atoms with E-state index in [9.17, 15) is 4.79 Å². The molecule has 1 aromatic carbocycles. The number of H-pyrrole nitrogens is 1. The number of rotatable bonds is 3. The molecule has 1 heterocycles. The van der Waals surface area contributed by atoms with Crippen molar-refractivity contribution in [3.63, 3.8) is 0 Å². The Morgan fingerprint density at radius 2 is 2.15 bits per heavy atom. The zero-order valence-electron chi connectivity index (χ0n) is 12.0. The number of nitrogens with one attached hydrogen (secondary N) is 1. The van der Waals surface area contributed by atoms with Crippen LogP contribution in [0, 0.1) is 0 Å². The SMILES string of the molecule is CCC1(c2nc3c(C(=O)OC)cccc3[nH]2)CCCC1. The number of fused-ring (bicyclic) bond motifs is 1. The number of ether oxygens (including phenoxy) is 1. The Hall–Kier alpha value is -1.84. The monoisotopic (exact) mass is 272 g/mol. The van der Waals surface area contributed by atoms with Crippen LogP contribution < -0.4 is 0 Å². The van der Waals surface area contributed by atoms with E-state index in [1.54, 1.807) is 6.07 Å². The molecule has 0 spiro atoms. The van der Waals surface area contributed by atoms with E-state index >= 15 is 0 Å². The number of imidazole rings is 1. The first-order valence-corrected chi connectivity index (χ1v) is 7.28. The van der Waals surface area contributed by atoms with Crippen molar-refractivity contribution in [1.82, 2.24) is 9.97 Å². The number of carbonyl (C=O) groups excluding carboxylic acids is 1. The number of nitrogens with zero attached hydrogens (tertiary/aromatic N) is 1. The van der Waals surface area contributed by atoms with Crippen molar-refractivity contribution >= 4 is 17.0 Å². The Morgan fingerprint density at radius 3 is 2.80 bits per heavy atom. The van der Waals surface area contributed by atoms with E-state index in [0.717, 1.165) is 23.3 Å². The molecule has 0 unspecified atom stereocenters. The van der Waals surface area contributed by atoms with E-state index in [1.807, 2.05) is 12.1 Å². The number of aromatic amines is 1. The van der Waals surface area contributed by atoms with Gasteiger partial charge in [-0.25, -0.2) is 9.78 Å². The Morgan fingerprint density at radius 1 is 1.40 bits per heavy atom. The third kappa shape index (κ3) is 1.90. The number of hydrogen-bond acceptors (Lipinski definition) is 3. The van der Waals surface area contributed by atoms with E-state index in [-0.39, 0.29) is 11.4 Å². The molecule has 20 heavy (non-hydrogen) atoms. The number of carbonyl (C=O) groups is 1. The van der Waals surface area contributed by atoms with Crippen LogP contribution in [0.1, 0.15) is 55.2 Å². The third-order valence-electron chi connectivity index (χ3n) is 4.66. The van der Waals surface area contributed by atoms with Gasteiger partial charge in [0, 0.05) is 5.41 Å². The maximum atomic E-state index is 11.8. The minimum absolute atomic E-state index is 0.159. The van der Waals surface area contributed by atoms with Crippen molar-refractivity contribution in [2.24, 2.45) is 0 Å². The van der Waals surface area contributed by atoms with Gasteiger partial charge in [0.15, 0.2) is 0 Å². The molecule has 1 N–H and O–H groups in total. The summed E-state index contributed by atoms with van der Waals surface area (Å²) in [5.41, 5.74) is 2.35. The van der Waals surface area contributed by atoms with Crippen LogP contribution >= 0.6 is 0 Å². The van der Waals surface area contributed by atoms with E-state index in [2.05, 4.69) is 11.9 Å². The molecule has 1 aliphatic carbocycles. The lowest BCUT2D eigenvalue weighted by Crippen LogP contribution is -2.22. The van der Waals surface area contributed by atoms with Gasteiger partial charge in [-0.3, -0.25) is 0 Å². The molecule has 3 rings (SSSR count). The van der Waals surface area contributed by atoms with Gasteiger partial charge in [-0.05, 0) is 31.4 Å². The fourth-order valence-electron chi connectivity index (χ4n) is 3.37. The summed E-state index contributed by atoms with van der Waals surface area (Å²) in [5, 5.41) is 0. The molecule has 1 saturated carbocycles. The van der Waals surface area contributed by atoms with E-state index < -0.39 is 0 Å². The summed E-state index contributed by atoms with van der Waals surface area (Å²) in [6.45, 7) is 2.22. The van der Waals surface area contributed by atoms with Crippen molar-refractivity contribution in [1.29, 1.82) is 0 Å². The van der Waals surface area contributed by atoms with Crippen LogP contribution in [-0.4, -0.2) is 23.0 Å². The fourth-order valence-corrected chi connectivity index (χ4v) is 3.37. The molecule has 0 amide bonds. The molecule has 2 aromatic rings. The van der Waals surface area contributed by atoms with Gasteiger partial charge in [0.05, 0.1) is 18.2 Å². The maximum absolute atomic E-state index is 11.8. The predicted molar refractivity (Wildman–Crippen MR) is 77.9 cm³/mol. The minimum Gasteiger partial charge on any atom is -0.465 e. The molecule has 106 valence electrons. The zero-order chi connectivity index (χ0) is 14.2. The number of aromatic nitrogens is 2. The van der Waals surface area contributed by atoms with Crippen LogP contribution in [0.4, 0.5) is 0 Å². The van der Waals surface area contributed by atoms with Gasteiger partial charge in [0.2, 0.25) is 0 Å². The van der Waals surface area contributed by atoms with E-state index in [4.69, 9.17) is 9.72 Å². The number of methoxy groups -OCH3 is 1. The largest absolute Gasteiger partial charge is 0.465 e. The van der Waals surface area contributed by atoms with Gasteiger partial charge >= 0.3 is 5.97 Å². The molecule has 4 heteroatoms. The smallest absolute Gasteiger partial charge is 0.340 e. The van der Waals surface area contributed by atoms with Gasteiger partial charge in [0.1, 0.15) is 11.3 Å². The van der Waals surface area contributed by atoms with Crippen molar-refractivity contribution < 1.29 is 9.53 Å². The third-order valence-corrected chi connectivity index (χ3v) is 4.66. The topological polar surface area (TPSA) is 55.0 Å². The zero-order valence-corrected chi connectivity index (χ0v) is 12.0. The highest BCUT2D eigenvalue weighted by molar-refractivity contribution is 6.01. The first-order valence-electron chi connectivity index (χ1n) is 7.28. The summed E-state index contributed by atoms with van der Waals surface area (Å²) in [4.78, 5) is 20.0. The molecule has 1 aromatic heterocycles. The number of esters is 1. The molecule has 1 aliphatic rings. The van der Waals surface area contributed by atoms with E-state index in [0.29, 0.717) is 5.56 Å². The highest BCUT2D eigenvalue weighted by Crippen LogP contribution is 2.43. The van der Waals surface area contributed by atoms with Gasteiger partial charge in [0.25, 0.3) is 0 Å². The first-order chi connectivity index (χ1) is 9.70. The molecule has 0 bridgehead atoms. The summed E-state index contributed by atoms with van der Waals surface area (Å²) in [6.07, 6.45) is 5.96. The Bertz CT molecular complexity index is 639. The lowest BCUT2D eigenvalue weighted by Gasteiger charge is -2.24. The van der Waals surface area contributed by atoms with Crippen LogP contribution in [0.2, 0.25) is 0 Å². The molecule has 4 nitrogen and oxygen atoms in total. The molecule has 0 aliphatic heterocycles. The summed E-state index contributed by atoms with van der Waals surface area (Å²) in [7, 11) is 1.40. The minimum atomic E-state index is -0.328. The lowest BCUT2D eigenvalue weighted by molar-refractivity contribution is 0.0603. The van der Waals surface area contributed by atoms with Gasteiger partial charge < -0.3 is 9.72 Å². The summed E-state index contributed by atoms with van der Waals surface area (Å²) >= 11 is 0. The van der Waals surface area contributed by atoms with Crippen molar-refractivity contribution in [3.05, 3.63) is 29.6 Å². The Balaban J connectivity index is 2.13. The normalized spacial score (nSPS) is 17.5. The summed E-state index contributed by atoms with van der Waals surface area (Å²) < 4.78 is 4.84. The fraction of sp³-hybridized carbons (Fsp3) is 0.500. The van der Waals surface area contributed by atoms with Gasteiger partial charge in [-0.1, -0.05) is 25.8 Å². The van der Waals surface area contributed by atoms with Crippen LogP contribution in [-0.2, 0) is 10.2 Å². The molecule has 0 radical (unpaired) electrons. The molecule has 0 saturated heterocycles. The highest BCUT2D eigenvalue weighted by atomic mass is 16.5. The van der Waals surface area contributed by atoms with Gasteiger partial charge in [-0.15, -0.1) is 0 Å². The second-order valence-electron chi connectivity index (χ2n) is 5.62. The van der Waals surface area contributed by atoms with Crippen LogP contribution in [0.15, 0.2) is 18.2 Å². The Kier molecular flexibility index (Phi) is 3.24. The molecular weight excluding hydrogens is 252 g/mol. The predicted octanol–water partition coefficient (Wildman–Crippen LogP) is 3.57. The molecule has 0 atom stereocenters. The Labute approximate surface area is 118 Å². The standard InChI is InChI=1S/C16H20N2O2/c1-3-16(9-4-5-10-16)15-17-12-8-6-7-11(13(12)18-15)14(19)20-2/h6-8H,3-5,9-10H2,1-2H3,(H,17,18). The highest BCUT2D eigenvalue weighted by Gasteiger charge is 2.36. The average Bonchev–Trinajstić information content (AvgIpc) is 3.12. The van der Waals surface area contributed by atoms with Crippen molar-refractivity contribution in [3.8, 4) is 0 Å². The summed E-state index contributed by atoms with van der Waals surface area (Å²) in [5.74, 6) is 0.703. The van der Waals surface area contributed by atoms with Crippen LogP contribution in [0.25, 0.3) is 11.0 Å². The average molecular weight is 272 g/mol. The summed E-state index contributed by atoms with van der Waals surface area (Å²) in [6, 6.07) is 5.60. The maximum Gasteiger partial charge on any atom is 0.340 e. The second-order valence-corrected chi connectivity index (χ2v) is 5.62. The van der Waals surface area contributed by atoms with E-state index in [1.165, 1.54) is 32.8 Å². The van der Waals surface area contributed by atoms with Gasteiger partial charge in [-0.2, -0.15) is 0 Å². The molecular formula is C16H20N2O2. The van der Waals surface area contributed by atoms with Crippen molar-refractivity contribution in [2.45, 2.75) is 44.4 Å². The number of para-hydroxylation sites is 1. The second kappa shape index (κ2) is 4.93. The quantitative estimate of drug-likeness (QED) is 0.869. The number of benzene rings is 1. The van der Waals surface area contributed by atoms with Crippen molar-refractivity contribution in [2.75, 3.05) is 7.11 Å². The number of hydrogen-bond donors (Lipinski definition) is 1.